The van der Waals surface area contributed by atoms with E-state index in [1.165, 1.54) is 21.1 Å². The van der Waals surface area contributed by atoms with Crippen LogP contribution in [0.3, 0.4) is 0 Å². The zero-order valence-corrected chi connectivity index (χ0v) is 18.5. The maximum absolute atomic E-state index is 4.44. The summed E-state index contributed by atoms with van der Waals surface area (Å²) in [5.74, 6) is 0.818. The largest absolute Gasteiger partial charge is 0.378 e. The topological polar surface area (TPSA) is 52.6 Å². The van der Waals surface area contributed by atoms with Crippen LogP contribution >= 0.6 is 35.3 Å². The van der Waals surface area contributed by atoms with Crippen molar-refractivity contribution in [3.05, 3.63) is 45.9 Å². The number of thiazole rings is 1. The number of guanidine groups is 1. The van der Waals surface area contributed by atoms with Crippen LogP contribution in [0.4, 0.5) is 5.69 Å². The monoisotopic (exact) mass is 473 g/mol. The van der Waals surface area contributed by atoms with Crippen LogP contribution < -0.4 is 15.5 Å². The van der Waals surface area contributed by atoms with E-state index in [9.17, 15) is 0 Å². The number of nitrogens with zero attached hydrogens (tertiary/aromatic N) is 3. The second-order valence-electron chi connectivity index (χ2n) is 5.74. The molecular weight excluding hydrogens is 445 g/mol. The highest BCUT2D eigenvalue weighted by Gasteiger charge is 2.02. The van der Waals surface area contributed by atoms with Gasteiger partial charge in [0.2, 0.25) is 0 Å². The van der Waals surface area contributed by atoms with Crippen LogP contribution in [0.1, 0.15) is 22.4 Å². The molecule has 0 fully saturated rings. The summed E-state index contributed by atoms with van der Waals surface area (Å²) in [4.78, 5) is 12.1. The van der Waals surface area contributed by atoms with Gasteiger partial charge in [0.15, 0.2) is 5.96 Å². The Labute approximate surface area is 172 Å². The molecule has 0 unspecified atom stereocenters. The Morgan fingerprint density at radius 1 is 1.20 bits per heavy atom. The molecule has 1 aromatic carbocycles. The van der Waals surface area contributed by atoms with Crippen molar-refractivity contribution in [2.75, 3.05) is 32.6 Å². The van der Waals surface area contributed by atoms with Crippen LogP contribution in [0, 0.1) is 0 Å². The number of halogens is 1. The Morgan fingerprint density at radius 2 is 1.92 bits per heavy atom. The summed E-state index contributed by atoms with van der Waals surface area (Å²) < 4.78 is 0. The van der Waals surface area contributed by atoms with Crippen LogP contribution in [0.15, 0.2) is 35.5 Å². The Hall–Kier alpha value is -1.35. The van der Waals surface area contributed by atoms with Gasteiger partial charge in [-0.25, -0.2) is 4.98 Å². The lowest BCUT2D eigenvalue weighted by Crippen LogP contribution is -2.37. The Morgan fingerprint density at radius 3 is 2.48 bits per heavy atom. The standard InChI is InChI=1S/C18H27N5S.HI/c1-5-16-13-21-17(24-16)10-11-20-18(19-2)22-12-14-6-8-15(9-7-14)23(3)4;/h6-9,13H,5,10-12H2,1-4H3,(H2,19,20,22);1H. The number of hydrogen-bond acceptors (Lipinski definition) is 4. The van der Waals surface area contributed by atoms with Gasteiger partial charge in [-0.3, -0.25) is 4.99 Å². The molecule has 0 bridgehead atoms. The SMILES string of the molecule is CCc1cnc(CCNC(=NC)NCc2ccc(N(C)C)cc2)s1.I. The first-order chi connectivity index (χ1) is 11.6. The third-order valence-electron chi connectivity index (χ3n) is 3.72. The van der Waals surface area contributed by atoms with E-state index in [1.54, 1.807) is 18.4 Å². The lowest BCUT2D eigenvalue weighted by molar-refractivity contribution is 0.792. The van der Waals surface area contributed by atoms with Gasteiger partial charge in [-0.15, -0.1) is 35.3 Å². The average molecular weight is 473 g/mol. The maximum atomic E-state index is 4.44. The number of anilines is 1. The fourth-order valence-corrected chi connectivity index (χ4v) is 3.10. The summed E-state index contributed by atoms with van der Waals surface area (Å²) in [6.07, 6.45) is 3.95. The van der Waals surface area contributed by atoms with E-state index < -0.39 is 0 Å². The van der Waals surface area contributed by atoms with Gasteiger partial charge >= 0.3 is 0 Å². The number of aromatic nitrogens is 1. The molecule has 2 rings (SSSR count). The van der Waals surface area contributed by atoms with Crippen molar-refractivity contribution in [3.8, 4) is 0 Å². The van der Waals surface area contributed by atoms with E-state index in [2.05, 4.69) is 56.7 Å². The van der Waals surface area contributed by atoms with Gasteiger partial charge in [0.05, 0.1) is 5.01 Å². The highest BCUT2D eigenvalue weighted by Crippen LogP contribution is 2.13. The van der Waals surface area contributed by atoms with E-state index in [-0.39, 0.29) is 24.0 Å². The van der Waals surface area contributed by atoms with Crippen molar-refractivity contribution < 1.29 is 0 Å². The molecule has 138 valence electrons. The third-order valence-corrected chi connectivity index (χ3v) is 4.92. The third kappa shape index (κ3) is 7.19. The highest BCUT2D eigenvalue weighted by atomic mass is 127. The Bertz CT molecular complexity index is 652. The van der Waals surface area contributed by atoms with Crippen LogP contribution in [0.25, 0.3) is 0 Å². The summed E-state index contributed by atoms with van der Waals surface area (Å²) in [5, 5.41) is 7.86. The van der Waals surface area contributed by atoms with Gasteiger partial charge in [-0.2, -0.15) is 0 Å². The van der Waals surface area contributed by atoms with Crippen LogP contribution in [-0.2, 0) is 19.4 Å². The normalized spacial score (nSPS) is 11.0. The second-order valence-corrected chi connectivity index (χ2v) is 6.94. The van der Waals surface area contributed by atoms with E-state index in [0.29, 0.717) is 0 Å². The van der Waals surface area contributed by atoms with Gasteiger partial charge in [0.1, 0.15) is 0 Å². The van der Waals surface area contributed by atoms with Gasteiger partial charge in [-0.05, 0) is 24.1 Å². The first-order valence-corrected chi connectivity index (χ1v) is 9.08. The smallest absolute Gasteiger partial charge is 0.191 e. The van der Waals surface area contributed by atoms with Crippen molar-refractivity contribution in [3.63, 3.8) is 0 Å². The van der Waals surface area contributed by atoms with Crippen LogP contribution in [0.5, 0.6) is 0 Å². The molecule has 2 aromatic rings. The number of nitrogens with one attached hydrogen (secondary N) is 2. The molecule has 0 spiro atoms. The van der Waals surface area contributed by atoms with Crippen LogP contribution in [-0.4, -0.2) is 38.6 Å². The molecule has 2 N–H and O–H groups in total. The number of rotatable bonds is 7. The van der Waals surface area contributed by atoms with Gasteiger partial charge in [0.25, 0.3) is 0 Å². The number of aliphatic imine (C=N–C) groups is 1. The van der Waals surface area contributed by atoms with Crippen LogP contribution in [0.2, 0.25) is 0 Å². The minimum atomic E-state index is 0. The van der Waals surface area contributed by atoms with E-state index in [1.807, 2.05) is 20.3 Å². The fraction of sp³-hybridized carbons (Fsp3) is 0.444. The minimum Gasteiger partial charge on any atom is -0.378 e. The fourth-order valence-electron chi connectivity index (χ4n) is 2.23. The van der Waals surface area contributed by atoms with Gasteiger partial charge < -0.3 is 15.5 Å². The Kier molecular flexibility index (Phi) is 9.81. The van der Waals surface area contributed by atoms with Gasteiger partial charge in [-0.1, -0.05) is 19.1 Å². The lowest BCUT2D eigenvalue weighted by Gasteiger charge is -2.14. The molecule has 1 heterocycles. The molecule has 0 saturated carbocycles. The molecule has 0 saturated heterocycles. The van der Waals surface area contributed by atoms with E-state index in [0.717, 1.165) is 31.9 Å². The van der Waals surface area contributed by atoms with E-state index in [4.69, 9.17) is 0 Å². The predicted molar refractivity (Wildman–Crippen MR) is 120 cm³/mol. The van der Waals surface area contributed by atoms with Crippen molar-refractivity contribution in [2.45, 2.75) is 26.3 Å². The molecule has 1 aromatic heterocycles. The zero-order valence-electron chi connectivity index (χ0n) is 15.4. The molecule has 7 heteroatoms. The molecule has 0 aliphatic heterocycles. The van der Waals surface area contributed by atoms with E-state index >= 15 is 0 Å². The van der Waals surface area contributed by atoms with Crippen molar-refractivity contribution in [1.82, 2.24) is 15.6 Å². The predicted octanol–water partition coefficient (Wildman–Crippen LogP) is 3.30. The minimum absolute atomic E-state index is 0. The number of benzene rings is 1. The molecule has 0 atom stereocenters. The summed E-state index contributed by atoms with van der Waals surface area (Å²) in [7, 11) is 5.89. The number of aryl methyl sites for hydroxylation is 1. The summed E-state index contributed by atoms with van der Waals surface area (Å²) in [5.41, 5.74) is 2.44. The summed E-state index contributed by atoms with van der Waals surface area (Å²) in [6, 6.07) is 8.52. The molecule has 25 heavy (non-hydrogen) atoms. The first kappa shape index (κ1) is 21.7. The second kappa shape index (κ2) is 11.3. The lowest BCUT2D eigenvalue weighted by atomic mass is 10.2. The number of hydrogen-bond donors (Lipinski definition) is 2. The molecule has 0 amide bonds. The highest BCUT2D eigenvalue weighted by molar-refractivity contribution is 14.0. The first-order valence-electron chi connectivity index (χ1n) is 8.26. The average Bonchev–Trinajstić information content (AvgIpc) is 3.06. The molecule has 5 nitrogen and oxygen atoms in total. The van der Waals surface area contributed by atoms with Crippen molar-refractivity contribution >= 4 is 47.0 Å². The van der Waals surface area contributed by atoms with Gasteiger partial charge in [0, 0.05) is 57.4 Å². The molecule has 0 aliphatic rings. The molecule has 0 radical (unpaired) electrons. The van der Waals surface area contributed by atoms with Crippen molar-refractivity contribution in [2.24, 2.45) is 4.99 Å². The molecule has 0 aliphatic carbocycles. The Balaban J connectivity index is 0.00000312. The molecular formula is C18H28IN5S. The summed E-state index contributed by atoms with van der Waals surface area (Å²) in [6.45, 7) is 3.74. The zero-order chi connectivity index (χ0) is 17.4. The summed E-state index contributed by atoms with van der Waals surface area (Å²) >= 11 is 1.79. The maximum Gasteiger partial charge on any atom is 0.191 e. The van der Waals surface area contributed by atoms with Crippen molar-refractivity contribution in [1.29, 1.82) is 0 Å². The quantitative estimate of drug-likeness (QED) is 0.368.